The predicted octanol–water partition coefficient (Wildman–Crippen LogP) is 6.87. The van der Waals surface area contributed by atoms with Gasteiger partial charge in [0.15, 0.2) is 0 Å². The van der Waals surface area contributed by atoms with Crippen molar-refractivity contribution in [3.8, 4) is 10.8 Å². The van der Waals surface area contributed by atoms with Crippen molar-refractivity contribution in [1.82, 2.24) is 18.9 Å². The van der Waals surface area contributed by atoms with Crippen molar-refractivity contribution in [3.63, 3.8) is 0 Å². The second-order valence-electron chi connectivity index (χ2n) is 15.4. The first kappa shape index (κ1) is 39.6. The number of carbonyl (C=O) groups is 1. The third kappa shape index (κ3) is 7.12. The van der Waals surface area contributed by atoms with Crippen LogP contribution in [0.5, 0.6) is 5.75 Å². The van der Waals surface area contributed by atoms with Crippen LogP contribution in [0.3, 0.4) is 0 Å². The first-order chi connectivity index (χ1) is 26.0. The number of carbonyl (C=O) groups excluding carboxylic acids is 1. The number of aryl methyl sites for hydroxylation is 1. The highest BCUT2D eigenvalue weighted by atomic mass is 32.1. The van der Waals surface area contributed by atoms with Crippen molar-refractivity contribution in [3.05, 3.63) is 135 Å². The normalized spacial score (nSPS) is 13.0. The van der Waals surface area contributed by atoms with E-state index in [1.54, 1.807) is 43.9 Å². The number of methoxy groups -OCH3 is 1. The summed E-state index contributed by atoms with van der Waals surface area (Å²) in [4.78, 5) is 45.3. The maximum Gasteiger partial charge on any atom is 0.333 e. The van der Waals surface area contributed by atoms with Crippen LogP contribution >= 0.6 is 11.3 Å². The number of ether oxygens (including phenoxy) is 2. The molecule has 0 saturated heterocycles. The molecule has 1 atom stereocenters. The molecular weight excluding hydrogens is 736 g/mol. The molecule has 0 fully saturated rings. The molecule has 0 N–H and O–H groups in total. The van der Waals surface area contributed by atoms with Crippen molar-refractivity contribution in [1.29, 1.82) is 0 Å². The number of fused-ring (bicyclic) bond motifs is 1. The zero-order valence-corrected chi connectivity index (χ0v) is 34.4. The van der Waals surface area contributed by atoms with E-state index in [0.29, 0.717) is 26.7 Å². The van der Waals surface area contributed by atoms with Gasteiger partial charge in [0.2, 0.25) is 0 Å². The highest BCUT2D eigenvalue weighted by Gasteiger charge is 2.55. The molecule has 0 aliphatic carbocycles. The lowest BCUT2D eigenvalue weighted by Gasteiger charge is -2.43. The summed E-state index contributed by atoms with van der Waals surface area (Å²) in [5, 5.41) is 6.45. The second-order valence-corrected chi connectivity index (χ2v) is 20.6. The maximum absolute atomic E-state index is 15.1. The zero-order chi connectivity index (χ0) is 39.9. The van der Waals surface area contributed by atoms with E-state index >= 15 is 9.59 Å². The Hall–Kier alpha value is -5.11. The Balaban J connectivity index is 1.60. The molecule has 13 heteroatoms. The van der Waals surface area contributed by atoms with E-state index in [-0.39, 0.29) is 18.0 Å². The number of hydrogen-bond donors (Lipinski definition) is 0. The van der Waals surface area contributed by atoms with Crippen LogP contribution in [0.1, 0.15) is 65.7 Å². The highest BCUT2D eigenvalue weighted by Crippen LogP contribution is 2.39. The molecule has 288 valence electrons. The summed E-state index contributed by atoms with van der Waals surface area (Å²) < 4.78 is 37.8. The van der Waals surface area contributed by atoms with Gasteiger partial charge in [-0.15, -0.1) is 0 Å². The Kier molecular flexibility index (Phi) is 10.9. The minimum Gasteiger partial charge on any atom is -0.508 e. The minimum atomic E-state index is -3.46. The molecule has 3 heterocycles. The Morgan fingerprint density at radius 3 is 2.07 bits per heavy atom. The van der Waals surface area contributed by atoms with Gasteiger partial charge in [0.05, 0.1) is 25.1 Å². The fourth-order valence-corrected chi connectivity index (χ4v) is 13.0. The summed E-state index contributed by atoms with van der Waals surface area (Å²) in [6, 6.07) is 25.3. The largest absolute Gasteiger partial charge is 0.508 e. The molecule has 0 aliphatic rings. The standard InChI is InChI=1S/C42H47FN4O6SSi/c1-27(2)52-34(32-25-29(43)21-22-33(32)51-9)26-45-38-35(28(3)37(54-38)46-24-16-23-44-46)36(48)47(40(45)50)42(7,8)39(49)53-55(41(4,5)6,30-17-12-10-13-18-30)31-19-14-11-15-20-31/h10-25,27,34H,26H2,1-9H3/t34-/m0/s1. The molecule has 0 saturated carbocycles. The van der Waals surface area contributed by atoms with Crippen LogP contribution in [0, 0.1) is 12.7 Å². The molecule has 10 nitrogen and oxygen atoms in total. The minimum absolute atomic E-state index is 0.133. The summed E-state index contributed by atoms with van der Waals surface area (Å²) in [6.45, 7) is 14.6. The predicted molar refractivity (Wildman–Crippen MR) is 217 cm³/mol. The van der Waals surface area contributed by atoms with Crippen LogP contribution in [0.2, 0.25) is 5.04 Å². The summed E-state index contributed by atoms with van der Waals surface area (Å²) in [5.74, 6) is -0.858. The maximum atomic E-state index is 15.1. The molecule has 3 aromatic heterocycles. The lowest BCUT2D eigenvalue weighted by molar-refractivity contribution is -0.144. The first-order valence-corrected chi connectivity index (χ1v) is 20.9. The van der Waals surface area contributed by atoms with Gasteiger partial charge in [-0.3, -0.25) is 14.2 Å². The average Bonchev–Trinajstić information content (AvgIpc) is 3.80. The number of thiophene rings is 1. The van der Waals surface area contributed by atoms with Crippen molar-refractivity contribution < 1.29 is 23.1 Å². The fraction of sp³-hybridized carbons (Fsp3) is 0.333. The SMILES string of the molecule is COc1ccc(F)cc1[C@H](Cn1c(=O)n(C(C)(C)C(=O)O[Si](c2ccccc2)(c2ccccc2)C(C)(C)C)c(=O)c2c(C)c(-n3cccn3)sc21)OC(C)C. The number of benzene rings is 3. The van der Waals surface area contributed by atoms with Gasteiger partial charge in [-0.1, -0.05) is 92.8 Å². The summed E-state index contributed by atoms with van der Waals surface area (Å²) in [7, 11) is -1.98. The lowest BCUT2D eigenvalue weighted by atomic mass is 10.1. The van der Waals surface area contributed by atoms with E-state index in [9.17, 15) is 9.18 Å². The van der Waals surface area contributed by atoms with E-state index in [1.165, 1.54) is 41.2 Å². The fourth-order valence-electron chi connectivity index (χ4n) is 7.27. The van der Waals surface area contributed by atoms with E-state index < -0.39 is 48.0 Å². The molecule has 3 aromatic carbocycles. The smallest absolute Gasteiger partial charge is 0.333 e. The molecule has 6 rings (SSSR count). The Morgan fingerprint density at radius 1 is 0.927 bits per heavy atom. The Morgan fingerprint density at radius 2 is 1.55 bits per heavy atom. The monoisotopic (exact) mass is 782 g/mol. The topological polar surface area (TPSA) is 107 Å². The van der Waals surface area contributed by atoms with Crippen LogP contribution < -0.4 is 26.4 Å². The van der Waals surface area contributed by atoms with Gasteiger partial charge < -0.3 is 13.9 Å². The van der Waals surface area contributed by atoms with E-state index in [1.807, 2.05) is 95.3 Å². The second kappa shape index (κ2) is 15.2. The molecule has 0 bridgehead atoms. The number of nitrogens with zero attached hydrogens (tertiary/aromatic N) is 4. The van der Waals surface area contributed by atoms with Gasteiger partial charge in [-0.05, 0) is 74.3 Å². The summed E-state index contributed by atoms with van der Waals surface area (Å²) in [6.07, 6.45) is 2.16. The Bertz CT molecular complexity index is 2390. The number of halogens is 1. The Labute approximate surface area is 324 Å². The molecule has 0 amide bonds. The number of aromatic nitrogens is 4. The molecule has 0 aliphatic heterocycles. The summed E-state index contributed by atoms with van der Waals surface area (Å²) >= 11 is 1.22. The van der Waals surface area contributed by atoms with E-state index in [2.05, 4.69) is 5.10 Å². The van der Waals surface area contributed by atoms with E-state index in [4.69, 9.17) is 13.9 Å². The van der Waals surface area contributed by atoms with Crippen molar-refractivity contribution >= 4 is 46.2 Å². The molecule has 0 spiro atoms. The highest BCUT2D eigenvalue weighted by molar-refractivity contribution is 7.21. The quantitative estimate of drug-likeness (QED) is 0.125. The van der Waals surface area contributed by atoms with Gasteiger partial charge >= 0.3 is 20.0 Å². The first-order valence-electron chi connectivity index (χ1n) is 18.2. The van der Waals surface area contributed by atoms with Crippen molar-refractivity contribution in [2.24, 2.45) is 0 Å². The van der Waals surface area contributed by atoms with Crippen LogP contribution in [0.25, 0.3) is 15.2 Å². The summed E-state index contributed by atoms with van der Waals surface area (Å²) in [5.41, 5.74) is -2.22. The van der Waals surface area contributed by atoms with Crippen LogP contribution in [-0.2, 0) is 26.0 Å². The number of rotatable bonds is 12. The van der Waals surface area contributed by atoms with E-state index in [0.717, 1.165) is 14.9 Å². The molecular formula is C42H47FN4O6SSi. The third-order valence-corrected chi connectivity index (χ3v) is 16.1. The third-order valence-electron chi connectivity index (χ3n) is 9.94. The molecule has 0 radical (unpaired) electrons. The van der Waals surface area contributed by atoms with Crippen molar-refractivity contribution in [2.45, 2.75) is 84.7 Å². The number of hydrogen-bond acceptors (Lipinski definition) is 8. The van der Waals surface area contributed by atoms with Crippen molar-refractivity contribution in [2.75, 3.05) is 7.11 Å². The lowest BCUT2D eigenvalue weighted by Crippen LogP contribution is -2.69. The van der Waals surface area contributed by atoms with Crippen LogP contribution in [0.4, 0.5) is 4.39 Å². The van der Waals surface area contributed by atoms with Crippen LogP contribution in [-0.4, -0.2) is 46.4 Å². The molecule has 0 unspecified atom stereocenters. The zero-order valence-electron chi connectivity index (χ0n) is 32.6. The van der Waals surface area contributed by atoms with Gasteiger partial charge in [0, 0.05) is 23.5 Å². The van der Waals surface area contributed by atoms with Gasteiger partial charge in [0.25, 0.3) is 5.56 Å². The van der Waals surface area contributed by atoms with Gasteiger partial charge in [-0.25, -0.2) is 18.4 Å². The molecule has 6 aromatic rings. The average molecular weight is 783 g/mol. The van der Waals surface area contributed by atoms with Gasteiger partial charge in [-0.2, -0.15) is 5.10 Å². The molecule has 55 heavy (non-hydrogen) atoms. The van der Waals surface area contributed by atoms with Gasteiger partial charge in [0.1, 0.15) is 33.0 Å². The van der Waals surface area contributed by atoms with Crippen LogP contribution in [0.15, 0.2) is 107 Å².